The number of nitrogens with zero attached hydrogens (tertiary/aromatic N) is 4. The second kappa shape index (κ2) is 8.91. The molecule has 0 unspecified atom stereocenters. The van der Waals surface area contributed by atoms with E-state index >= 15 is 0 Å². The van der Waals surface area contributed by atoms with Crippen LogP contribution in [0.15, 0.2) is 48.7 Å². The van der Waals surface area contributed by atoms with E-state index in [1.165, 1.54) is 0 Å². The molecule has 1 N–H and O–H groups in total. The number of ether oxygens (including phenoxy) is 1. The lowest BCUT2D eigenvalue weighted by Crippen LogP contribution is -2.13. The Labute approximate surface area is 182 Å². The van der Waals surface area contributed by atoms with E-state index in [-0.39, 0.29) is 31.3 Å². The number of hydrogen-bond donors (Lipinski definition) is 1. The number of Topliss-reactive ketones (excluding diaryl/α,β-unsaturated/α-hetero) is 1. The van der Waals surface area contributed by atoms with Gasteiger partial charge in [0.05, 0.1) is 12.3 Å². The molecule has 3 heterocycles. The minimum absolute atomic E-state index is 0.0909. The molecule has 0 fully saturated rings. The first-order valence-corrected chi connectivity index (χ1v) is 10.5. The van der Waals surface area contributed by atoms with Crippen LogP contribution in [0.1, 0.15) is 39.8 Å². The van der Waals surface area contributed by atoms with E-state index in [2.05, 4.69) is 14.6 Å². The first kappa shape index (κ1) is 20.5. The molecule has 4 rings (SSSR count). The number of fused-ring (bicyclic) bond motifs is 1. The summed E-state index contributed by atoms with van der Waals surface area (Å²) in [5.41, 5.74) is 3.11. The monoisotopic (exact) mass is 442 g/mol. The Morgan fingerprint density at radius 1 is 1.27 bits per heavy atom. The molecule has 30 heavy (non-hydrogen) atoms. The van der Waals surface area contributed by atoms with Gasteiger partial charge in [-0.2, -0.15) is 0 Å². The summed E-state index contributed by atoms with van der Waals surface area (Å²) in [5, 5.41) is 13.8. The van der Waals surface area contributed by atoms with Gasteiger partial charge in [-0.15, -0.1) is 5.10 Å². The van der Waals surface area contributed by atoms with Crippen LogP contribution in [0.5, 0.6) is 5.75 Å². The van der Waals surface area contributed by atoms with Crippen LogP contribution in [0.25, 0.3) is 5.65 Å². The number of benzene rings is 1. The topological polar surface area (TPSA) is 89.6 Å². The fraction of sp³-hybridized carbons (Fsp3) is 0.238. The summed E-state index contributed by atoms with van der Waals surface area (Å²) in [6.45, 7) is 1.84. The Kier molecular flexibility index (Phi) is 6.08. The number of pyridine rings is 1. The molecule has 0 saturated heterocycles. The van der Waals surface area contributed by atoms with Crippen LogP contribution in [-0.4, -0.2) is 36.5 Å². The largest absolute Gasteiger partial charge is 0.483 e. The lowest BCUT2D eigenvalue weighted by atomic mass is 9.93. The third-order valence-corrected chi connectivity index (χ3v) is 5.83. The van der Waals surface area contributed by atoms with Crippen molar-refractivity contribution in [2.24, 2.45) is 0 Å². The molecule has 1 atom stereocenters. The Balaban J connectivity index is 1.60. The SMILES string of the molecule is Cc1nc2c(OCc3nnsc3Cl)cccn2c1C(=O)C[C@@H](CO)c1ccccc1. The number of aryl methyl sites for hydroxylation is 1. The van der Waals surface area contributed by atoms with Crippen LogP contribution >= 0.6 is 23.1 Å². The number of aliphatic hydroxyl groups excluding tert-OH is 1. The second-order valence-corrected chi connectivity index (χ2v) is 8.17. The minimum Gasteiger partial charge on any atom is -0.483 e. The highest BCUT2D eigenvalue weighted by molar-refractivity contribution is 7.10. The molecule has 0 saturated carbocycles. The second-order valence-electron chi connectivity index (χ2n) is 6.81. The summed E-state index contributed by atoms with van der Waals surface area (Å²) >= 11 is 7.13. The summed E-state index contributed by atoms with van der Waals surface area (Å²) in [5.74, 6) is 0.152. The number of hydrogen-bond acceptors (Lipinski definition) is 7. The zero-order chi connectivity index (χ0) is 21.1. The van der Waals surface area contributed by atoms with Gasteiger partial charge in [0.1, 0.15) is 22.3 Å². The van der Waals surface area contributed by atoms with Crippen molar-refractivity contribution in [2.75, 3.05) is 6.61 Å². The van der Waals surface area contributed by atoms with E-state index in [0.717, 1.165) is 17.1 Å². The average Bonchev–Trinajstić information content (AvgIpc) is 3.33. The molecule has 0 aliphatic heterocycles. The number of aliphatic hydroxyl groups is 1. The van der Waals surface area contributed by atoms with Crippen LogP contribution < -0.4 is 4.74 Å². The molecule has 9 heteroatoms. The number of imidazole rings is 1. The molecule has 0 radical (unpaired) electrons. The van der Waals surface area contributed by atoms with Crippen molar-refractivity contribution in [1.82, 2.24) is 19.0 Å². The van der Waals surface area contributed by atoms with E-state index < -0.39 is 0 Å². The van der Waals surface area contributed by atoms with E-state index in [4.69, 9.17) is 16.3 Å². The van der Waals surface area contributed by atoms with E-state index in [1.807, 2.05) is 30.3 Å². The van der Waals surface area contributed by atoms with E-state index in [1.54, 1.807) is 29.7 Å². The van der Waals surface area contributed by atoms with Crippen molar-refractivity contribution in [3.63, 3.8) is 0 Å². The Hall–Kier alpha value is -2.81. The van der Waals surface area contributed by atoms with Gasteiger partial charge in [-0.1, -0.05) is 46.4 Å². The van der Waals surface area contributed by atoms with Crippen molar-refractivity contribution >= 4 is 34.6 Å². The van der Waals surface area contributed by atoms with Crippen LogP contribution in [0.2, 0.25) is 4.34 Å². The maximum Gasteiger partial charge on any atom is 0.182 e. The molecule has 154 valence electrons. The van der Waals surface area contributed by atoms with Gasteiger partial charge in [-0.3, -0.25) is 9.20 Å². The van der Waals surface area contributed by atoms with Gasteiger partial charge in [-0.25, -0.2) is 4.98 Å². The van der Waals surface area contributed by atoms with Crippen LogP contribution in [0.3, 0.4) is 0 Å². The molecule has 3 aromatic heterocycles. The number of halogens is 1. The maximum absolute atomic E-state index is 13.1. The molecule has 0 aliphatic carbocycles. The smallest absolute Gasteiger partial charge is 0.182 e. The van der Waals surface area contributed by atoms with Gasteiger partial charge >= 0.3 is 0 Å². The first-order valence-electron chi connectivity index (χ1n) is 9.34. The Morgan fingerprint density at radius 3 is 2.77 bits per heavy atom. The molecule has 0 amide bonds. The van der Waals surface area contributed by atoms with Gasteiger partial charge in [0.2, 0.25) is 0 Å². The maximum atomic E-state index is 13.1. The molecule has 1 aromatic carbocycles. The zero-order valence-corrected chi connectivity index (χ0v) is 17.7. The van der Waals surface area contributed by atoms with Crippen molar-refractivity contribution in [1.29, 1.82) is 0 Å². The number of aromatic nitrogens is 4. The number of carbonyl (C=O) groups excluding carboxylic acids is 1. The van der Waals surface area contributed by atoms with Crippen LogP contribution in [0.4, 0.5) is 0 Å². The predicted molar refractivity (Wildman–Crippen MR) is 114 cm³/mol. The molecule has 0 spiro atoms. The van der Waals surface area contributed by atoms with Crippen molar-refractivity contribution in [2.45, 2.75) is 25.9 Å². The van der Waals surface area contributed by atoms with Crippen LogP contribution in [-0.2, 0) is 6.61 Å². The fourth-order valence-corrected chi connectivity index (χ4v) is 3.97. The third kappa shape index (κ3) is 4.07. The molecule has 0 bridgehead atoms. The summed E-state index contributed by atoms with van der Waals surface area (Å²) in [7, 11) is 0. The average molecular weight is 443 g/mol. The van der Waals surface area contributed by atoms with Gasteiger partial charge in [-0.05, 0) is 24.6 Å². The highest BCUT2D eigenvalue weighted by Gasteiger charge is 2.23. The summed E-state index contributed by atoms with van der Waals surface area (Å²) in [6.07, 6.45) is 1.96. The minimum atomic E-state index is -0.276. The molecule has 7 nitrogen and oxygen atoms in total. The summed E-state index contributed by atoms with van der Waals surface area (Å²) in [6, 6.07) is 13.1. The van der Waals surface area contributed by atoms with E-state index in [0.29, 0.717) is 32.8 Å². The van der Waals surface area contributed by atoms with Gasteiger partial charge in [0, 0.05) is 30.1 Å². The normalized spacial score (nSPS) is 12.2. The van der Waals surface area contributed by atoms with Crippen molar-refractivity contribution in [3.05, 3.63) is 75.6 Å². The van der Waals surface area contributed by atoms with Gasteiger partial charge in [0.15, 0.2) is 17.2 Å². The lowest BCUT2D eigenvalue weighted by Gasteiger charge is -2.14. The highest BCUT2D eigenvalue weighted by atomic mass is 35.5. The van der Waals surface area contributed by atoms with Crippen LogP contribution in [0, 0.1) is 6.92 Å². The Morgan fingerprint density at radius 2 is 2.07 bits per heavy atom. The predicted octanol–water partition coefficient (Wildman–Crippen LogP) is 4.08. The lowest BCUT2D eigenvalue weighted by molar-refractivity contribution is 0.0953. The fourth-order valence-electron chi connectivity index (χ4n) is 3.37. The van der Waals surface area contributed by atoms with E-state index in [9.17, 15) is 9.90 Å². The van der Waals surface area contributed by atoms with Gasteiger partial charge in [0.25, 0.3) is 0 Å². The highest BCUT2D eigenvalue weighted by Crippen LogP contribution is 2.27. The molecule has 0 aliphatic rings. The van der Waals surface area contributed by atoms with Crippen molar-refractivity contribution < 1.29 is 14.6 Å². The quantitative estimate of drug-likeness (QED) is 0.413. The number of rotatable bonds is 8. The summed E-state index contributed by atoms with van der Waals surface area (Å²) < 4.78 is 11.9. The first-order chi connectivity index (χ1) is 14.6. The summed E-state index contributed by atoms with van der Waals surface area (Å²) in [4.78, 5) is 17.7. The Bertz CT molecular complexity index is 1180. The number of carbonyl (C=O) groups is 1. The zero-order valence-electron chi connectivity index (χ0n) is 16.2. The molecular formula is C21H19ClN4O3S. The third-order valence-electron chi connectivity index (χ3n) is 4.85. The van der Waals surface area contributed by atoms with Gasteiger partial charge < -0.3 is 9.84 Å². The molecular weight excluding hydrogens is 424 g/mol. The standard InChI is InChI=1S/C21H19ClN4O3S/c1-13-19(17(28)10-15(11-27)14-6-3-2-4-7-14)26-9-5-8-18(21(26)23-13)29-12-16-20(22)30-25-24-16/h2-9,15,27H,10-12H2,1H3/t15-/m0/s1. The molecule has 4 aromatic rings. The number of ketones is 1. The van der Waals surface area contributed by atoms with Crippen molar-refractivity contribution in [3.8, 4) is 5.75 Å².